The van der Waals surface area contributed by atoms with Gasteiger partial charge in [-0.3, -0.25) is 0 Å². The SMILES string of the molecule is Cc1c(Cl)cccc1NC(=S)N(C)[C@@H](C)c1nc2ccccc2s1. The fraction of sp³-hybridized carbons (Fsp3) is 0.222. The standard InChI is InChI=1S/C18H18ClN3S2/c1-11-13(19)7-6-9-14(11)21-18(23)22(3)12(2)17-20-15-8-4-5-10-16(15)24-17/h4-10,12H,1-3H3,(H,21,23)/t12-/m0/s1. The van der Waals surface area contributed by atoms with E-state index in [4.69, 9.17) is 28.8 Å². The topological polar surface area (TPSA) is 28.2 Å². The molecule has 3 nitrogen and oxygen atoms in total. The van der Waals surface area contributed by atoms with Crippen LogP contribution in [-0.4, -0.2) is 22.0 Å². The van der Waals surface area contributed by atoms with Gasteiger partial charge < -0.3 is 10.2 Å². The molecule has 1 N–H and O–H groups in total. The third-order valence-electron chi connectivity index (χ3n) is 4.08. The largest absolute Gasteiger partial charge is 0.343 e. The van der Waals surface area contributed by atoms with E-state index in [1.807, 2.05) is 55.3 Å². The molecule has 124 valence electrons. The number of para-hydroxylation sites is 1. The van der Waals surface area contributed by atoms with Crippen molar-refractivity contribution in [2.45, 2.75) is 19.9 Å². The second kappa shape index (κ2) is 7.05. The minimum Gasteiger partial charge on any atom is -0.343 e. The lowest BCUT2D eigenvalue weighted by Crippen LogP contribution is -2.33. The molecule has 0 fully saturated rings. The van der Waals surface area contributed by atoms with Crippen molar-refractivity contribution in [3.8, 4) is 0 Å². The molecular formula is C18H18ClN3S2. The number of fused-ring (bicyclic) bond motifs is 1. The van der Waals surface area contributed by atoms with E-state index >= 15 is 0 Å². The van der Waals surface area contributed by atoms with Crippen LogP contribution in [0, 0.1) is 6.92 Å². The number of hydrogen-bond donors (Lipinski definition) is 1. The van der Waals surface area contributed by atoms with Gasteiger partial charge in [0.1, 0.15) is 5.01 Å². The van der Waals surface area contributed by atoms with Crippen LogP contribution in [0.5, 0.6) is 0 Å². The van der Waals surface area contributed by atoms with Gasteiger partial charge in [-0.2, -0.15) is 0 Å². The first-order valence-electron chi connectivity index (χ1n) is 7.61. The van der Waals surface area contributed by atoms with E-state index in [0.717, 1.165) is 26.8 Å². The van der Waals surface area contributed by atoms with E-state index in [0.29, 0.717) is 5.11 Å². The molecule has 6 heteroatoms. The molecule has 1 atom stereocenters. The first-order chi connectivity index (χ1) is 11.5. The Morgan fingerprint density at radius 2 is 2.00 bits per heavy atom. The van der Waals surface area contributed by atoms with Gasteiger partial charge in [0.2, 0.25) is 0 Å². The molecule has 1 heterocycles. The molecule has 0 unspecified atom stereocenters. The van der Waals surface area contributed by atoms with Crippen molar-refractivity contribution in [1.82, 2.24) is 9.88 Å². The molecular weight excluding hydrogens is 358 g/mol. The maximum absolute atomic E-state index is 6.18. The lowest BCUT2D eigenvalue weighted by atomic mass is 10.2. The normalized spacial score (nSPS) is 12.2. The van der Waals surface area contributed by atoms with Gasteiger partial charge in [0.15, 0.2) is 5.11 Å². The molecule has 2 aromatic carbocycles. The summed E-state index contributed by atoms with van der Waals surface area (Å²) in [6.45, 7) is 4.08. The fourth-order valence-electron chi connectivity index (χ4n) is 2.36. The second-order valence-corrected chi connectivity index (χ2v) is 7.51. The van der Waals surface area contributed by atoms with E-state index in [2.05, 4.69) is 18.3 Å². The van der Waals surface area contributed by atoms with Crippen LogP contribution in [0.4, 0.5) is 5.69 Å². The first kappa shape index (κ1) is 17.1. The molecule has 3 aromatic rings. The molecule has 0 spiro atoms. The van der Waals surface area contributed by atoms with Crippen molar-refractivity contribution >= 4 is 56.2 Å². The Morgan fingerprint density at radius 3 is 2.75 bits per heavy atom. The average Bonchev–Trinajstić information content (AvgIpc) is 3.01. The quantitative estimate of drug-likeness (QED) is 0.599. The molecule has 24 heavy (non-hydrogen) atoms. The molecule has 0 aliphatic carbocycles. The molecule has 1 aromatic heterocycles. The highest BCUT2D eigenvalue weighted by molar-refractivity contribution is 7.80. The third-order valence-corrected chi connectivity index (χ3v) is 6.08. The van der Waals surface area contributed by atoms with Crippen LogP contribution in [0.2, 0.25) is 5.02 Å². The molecule has 3 rings (SSSR count). The van der Waals surface area contributed by atoms with E-state index < -0.39 is 0 Å². The minimum atomic E-state index is 0.0851. The van der Waals surface area contributed by atoms with Crippen LogP contribution in [0.3, 0.4) is 0 Å². The molecule has 0 amide bonds. The Morgan fingerprint density at radius 1 is 1.25 bits per heavy atom. The number of thiazole rings is 1. The summed E-state index contributed by atoms with van der Waals surface area (Å²) in [5, 5.41) is 5.70. The maximum Gasteiger partial charge on any atom is 0.173 e. The summed E-state index contributed by atoms with van der Waals surface area (Å²) in [4.78, 5) is 6.74. The van der Waals surface area contributed by atoms with E-state index in [-0.39, 0.29) is 6.04 Å². The molecule has 0 aliphatic heterocycles. The molecule has 0 aliphatic rings. The Hall–Kier alpha value is -1.69. The Bertz CT molecular complexity index is 858. The predicted octanol–water partition coefficient (Wildman–Crippen LogP) is 5.65. The highest BCUT2D eigenvalue weighted by Gasteiger charge is 2.19. The number of thiocarbonyl (C=S) groups is 1. The van der Waals surface area contributed by atoms with Crippen LogP contribution in [0.15, 0.2) is 42.5 Å². The van der Waals surface area contributed by atoms with Crippen LogP contribution >= 0.6 is 35.2 Å². The van der Waals surface area contributed by atoms with Crippen molar-refractivity contribution < 1.29 is 0 Å². The second-order valence-electron chi connectivity index (χ2n) is 5.65. The van der Waals surface area contributed by atoms with E-state index in [1.54, 1.807) is 11.3 Å². The Kier molecular flexibility index (Phi) is 5.04. The number of rotatable bonds is 3. The Balaban J connectivity index is 1.78. The minimum absolute atomic E-state index is 0.0851. The summed E-state index contributed by atoms with van der Waals surface area (Å²) < 4.78 is 1.19. The smallest absolute Gasteiger partial charge is 0.173 e. The number of aromatic nitrogens is 1. The summed E-state index contributed by atoms with van der Waals surface area (Å²) in [6, 6.07) is 14.0. The van der Waals surface area contributed by atoms with Gasteiger partial charge in [0, 0.05) is 17.8 Å². The van der Waals surface area contributed by atoms with Crippen LogP contribution in [-0.2, 0) is 0 Å². The summed E-state index contributed by atoms with van der Waals surface area (Å²) in [7, 11) is 1.98. The highest BCUT2D eigenvalue weighted by atomic mass is 35.5. The third kappa shape index (κ3) is 3.38. The van der Waals surface area contributed by atoms with Crippen molar-refractivity contribution in [2.24, 2.45) is 0 Å². The van der Waals surface area contributed by atoms with Crippen LogP contribution < -0.4 is 5.32 Å². The van der Waals surface area contributed by atoms with Gasteiger partial charge in [-0.1, -0.05) is 29.8 Å². The molecule has 0 saturated heterocycles. The number of anilines is 1. The zero-order valence-electron chi connectivity index (χ0n) is 13.7. The van der Waals surface area contributed by atoms with E-state index in [1.165, 1.54) is 4.70 Å². The van der Waals surface area contributed by atoms with Crippen LogP contribution in [0.25, 0.3) is 10.2 Å². The van der Waals surface area contributed by atoms with Crippen molar-refractivity contribution in [3.63, 3.8) is 0 Å². The number of nitrogens with zero attached hydrogens (tertiary/aromatic N) is 2. The number of halogens is 1. The summed E-state index contributed by atoms with van der Waals surface area (Å²) >= 11 is 13.4. The van der Waals surface area contributed by atoms with Gasteiger partial charge in [-0.25, -0.2) is 4.98 Å². The average molecular weight is 376 g/mol. The number of hydrogen-bond acceptors (Lipinski definition) is 3. The van der Waals surface area contributed by atoms with Gasteiger partial charge in [0.25, 0.3) is 0 Å². The maximum atomic E-state index is 6.18. The highest BCUT2D eigenvalue weighted by Crippen LogP contribution is 2.29. The number of nitrogens with one attached hydrogen (secondary N) is 1. The summed E-state index contributed by atoms with van der Waals surface area (Å²) in [6.07, 6.45) is 0. The lowest BCUT2D eigenvalue weighted by Gasteiger charge is -2.26. The molecule has 0 bridgehead atoms. The summed E-state index contributed by atoms with van der Waals surface area (Å²) in [5.41, 5.74) is 2.95. The van der Waals surface area contributed by atoms with Crippen LogP contribution in [0.1, 0.15) is 23.5 Å². The monoisotopic (exact) mass is 375 g/mol. The van der Waals surface area contributed by atoms with Gasteiger partial charge in [-0.15, -0.1) is 11.3 Å². The first-order valence-corrected chi connectivity index (χ1v) is 9.22. The van der Waals surface area contributed by atoms with Crippen molar-refractivity contribution in [2.75, 3.05) is 12.4 Å². The van der Waals surface area contributed by atoms with Gasteiger partial charge in [-0.05, 0) is 55.9 Å². The summed E-state index contributed by atoms with van der Waals surface area (Å²) in [5.74, 6) is 0. The molecule has 0 radical (unpaired) electrons. The van der Waals surface area contributed by atoms with Gasteiger partial charge >= 0.3 is 0 Å². The molecule has 0 saturated carbocycles. The predicted molar refractivity (Wildman–Crippen MR) is 108 cm³/mol. The lowest BCUT2D eigenvalue weighted by molar-refractivity contribution is 0.407. The van der Waals surface area contributed by atoms with E-state index in [9.17, 15) is 0 Å². The van der Waals surface area contributed by atoms with Crippen molar-refractivity contribution in [3.05, 3.63) is 58.1 Å². The Labute approximate surface area is 156 Å². The zero-order chi connectivity index (χ0) is 17.3. The van der Waals surface area contributed by atoms with Crippen molar-refractivity contribution in [1.29, 1.82) is 0 Å². The number of benzene rings is 2. The van der Waals surface area contributed by atoms with Gasteiger partial charge in [0.05, 0.1) is 16.3 Å². The zero-order valence-corrected chi connectivity index (χ0v) is 16.1. The fourth-order valence-corrected chi connectivity index (χ4v) is 3.86.